The summed E-state index contributed by atoms with van der Waals surface area (Å²) in [5.41, 5.74) is 3.68. The topological polar surface area (TPSA) is 45.6 Å². The van der Waals surface area contributed by atoms with Crippen LogP contribution in [0.1, 0.15) is 5.56 Å². The largest absolute Gasteiger partial charge is 0.495 e. The van der Waals surface area contributed by atoms with Crippen LogP contribution < -0.4 is 15.5 Å². The van der Waals surface area contributed by atoms with Crippen molar-refractivity contribution in [1.29, 1.82) is 0 Å². The maximum Gasteiger partial charge on any atom is 0.191 e. The van der Waals surface area contributed by atoms with Gasteiger partial charge in [0, 0.05) is 0 Å². The van der Waals surface area contributed by atoms with E-state index in [0.717, 1.165) is 12.1 Å². The number of halogens is 2. The Bertz CT molecular complexity index is 707. The summed E-state index contributed by atoms with van der Waals surface area (Å²) in [6.07, 6.45) is 1.33. The molecule has 0 aliphatic rings. The summed E-state index contributed by atoms with van der Waals surface area (Å²) < 4.78 is 31.0. The fraction of sp³-hybridized carbons (Fsp3) is 0.0667. The molecule has 0 saturated carbocycles. The van der Waals surface area contributed by atoms with E-state index in [4.69, 9.17) is 17.0 Å². The summed E-state index contributed by atoms with van der Waals surface area (Å²) in [5, 5.41) is 7.01. The Morgan fingerprint density at radius 1 is 1.18 bits per heavy atom. The summed E-state index contributed by atoms with van der Waals surface area (Å²) in [7, 11) is 1.55. The van der Waals surface area contributed by atoms with Crippen molar-refractivity contribution in [3.8, 4) is 5.75 Å². The number of thiocarbonyl (C=S) groups is 1. The minimum atomic E-state index is -0.932. The third-order valence-electron chi connectivity index (χ3n) is 2.68. The second kappa shape index (κ2) is 7.46. The second-order valence-corrected chi connectivity index (χ2v) is 4.61. The molecule has 7 heteroatoms. The van der Waals surface area contributed by atoms with Crippen molar-refractivity contribution in [2.45, 2.75) is 0 Å². The monoisotopic (exact) mass is 321 g/mol. The van der Waals surface area contributed by atoms with Gasteiger partial charge < -0.3 is 10.1 Å². The highest BCUT2D eigenvalue weighted by Gasteiger charge is 2.03. The van der Waals surface area contributed by atoms with E-state index in [1.54, 1.807) is 19.2 Å². The molecule has 0 bridgehead atoms. The Balaban J connectivity index is 1.95. The maximum absolute atomic E-state index is 13.0. The van der Waals surface area contributed by atoms with E-state index in [1.165, 1.54) is 12.3 Å². The molecule has 0 heterocycles. The van der Waals surface area contributed by atoms with Crippen molar-refractivity contribution in [2.24, 2.45) is 5.10 Å². The molecular formula is C15H13F2N3OS. The Labute approximate surface area is 131 Å². The molecule has 0 aromatic heterocycles. The zero-order valence-electron chi connectivity index (χ0n) is 11.6. The molecule has 0 fully saturated rings. The van der Waals surface area contributed by atoms with Crippen LogP contribution in [-0.2, 0) is 0 Å². The summed E-state index contributed by atoms with van der Waals surface area (Å²) in [4.78, 5) is 0. The first-order valence-corrected chi connectivity index (χ1v) is 6.69. The van der Waals surface area contributed by atoms with Gasteiger partial charge in [-0.2, -0.15) is 5.10 Å². The summed E-state index contributed by atoms with van der Waals surface area (Å²) in [6, 6.07) is 10.7. The van der Waals surface area contributed by atoms with E-state index in [9.17, 15) is 8.78 Å². The smallest absolute Gasteiger partial charge is 0.191 e. The third-order valence-corrected chi connectivity index (χ3v) is 2.87. The van der Waals surface area contributed by atoms with E-state index in [2.05, 4.69) is 15.8 Å². The lowest BCUT2D eigenvalue weighted by atomic mass is 10.2. The minimum absolute atomic E-state index is 0.239. The van der Waals surface area contributed by atoms with Gasteiger partial charge >= 0.3 is 0 Å². The van der Waals surface area contributed by atoms with Gasteiger partial charge in [0.1, 0.15) is 5.75 Å². The molecule has 0 radical (unpaired) electrons. The molecule has 2 aromatic carbocycles. The number of benzene rings is 2. The molecule has 0 unspecified atom stereocenters. The summed E-state index contributed by atoms with van der Waals surface area (Å²) in [6.45, 7) is 0. The van der Waals surface area contributed by atoms with Crippen molar-refractivity contribution >= 4 is 29.2 Å². The number of ether oxygens (including phenoxy) is 1. The van der Waals surface area contributed by atoms with Crippen LogP contribution in [-0.4, -0.2) is 18.4 Å². The lowest BCUT2D eigenvalue weighted by molar-refractivity contribution is 0.417. The van der Waals surface area contributed by atoms with Gasteiger partial charge in [-0.3, -0.25) is 5.43 Å². The Morgan fingerprint density at radius 3 is 2.68 bits per heavy atom. The standard InChI is InChI=1S/C15H13F2N3OS/c1-21-14-5-3-2-4-13(14)19-15(22)20-18-9-10-6-7-11(16)12(17)8-10/h2-9H,1H3,(H2,19,20,22)/b18-9-. The van der Waals surface area contributed by atoms with Crippen LogP contribution in [0.3, 0.4) is 0 Å². The van der Waals surface area contributed by atoms with Gasteiger partial charge in [0.15, 0.2) is 16.7 Å². The van der Waals surface area contributed by atoms with Crippen LogP contribution in [0.2, 0.25) is 0 Å². The molecule has 4 nitrogen and oxygen atoms in total. The molecule has 2 rings (SSSR count). The molecule has 2 aromatic rings. The lowest BCUT2D eigenvalue weighted by Crippen LogP contribution is -2.24. The average Bonchev–Trinajstić information content (AvgIpc) is 2.51. The predicted octanol–water partition coefficient (Wildman–Crippen LogP) is 3.29. The molecule has 0 spiro atoms. The first kappa shape index (κ1) is 15.8. The number of methoxy groups -OCH3 is 1. The minimum Gasteiger partial charge on any atom is -0.495 e. The first-order chi connectivity index (χ1) is 10.6. The third kappa shape index (κ3) is 4.23. The SMILES string of the molecule is COc1ccccc1NC(=S)N/N=C\c1ccc(F)c(F)c1. The van der Waals surface area contributed by atoms with E-state index < -0.39 is 11.6 Å². The van der Waals surface area contributed by atoms with Gasteiger partial charge in [-0.25, -0.2) is 8.78 Å². The van der Waals surface area contributed by atoms with E-state index in [1.807, 2.05) is 12.1 Å². The fourth-order valence-electron chi connectivity index (χ4n) is 1.66. The van der Waals surface area contributed by atoms with Crippen molar-refractivity contribution in [2.75, 3.05) is 12.4 Å². The van der Waals surface area contributed by atoms with E-state index in [-0.39, 0.29) is 5.11 Å². The van der Waals surface area contributed by atoms with Crippen LogP contribution in [0.5, 0.6) is 5.75 Å². The molecular weight excluding hydrogens is 308 g/mol. The van der Waals surface area contributed by atoms with Crippen molar-refractivity contribution in [1.82, 2.24) is 5.43 Å². The number of hydrogen-bond acceptors (Lipinski definition) is 3. The molecule has 0 atom stereocenters. The maximum atomic E-state index is 13.0. The fourth-order valence-corrected chi connectivity index (χ4v) is 1.82. The van der Waals surface area contributed by atoms with Crippen molar-refractivity contribution in [3.63, 3.8) is 0 Å². The number of nitrogens with one attached hydrogen (secondary N) is 2. The number of nitrogens with zero attached hydrogens (tertiary/aromatic N) is 1. The molecule has 0 amide bonds. The normalized spacial score (nSPS) is 10.5. The number of para-hydroxylation sites is 2. The number of hydrazone groups is 1. The van der Waals surface area contributed by atoms with Crippen LogP contribution >= 0.6 is 12.2 Å². The zero-order valence-corrected chi connectivity index (χ0v) is 12.5. The molecule has 0 saturated heterocycles. The Morgan fingerprint density at radius 2 is 1.95 bits per heavy atom. The van der Waals surface area contributed by atoms with Crippen LogP contribution in [0.25, 0.3) is 0 Å². The van der Waals surface area contributed by atoms with Gasteiger partial charge in [-0.1, -0.05) is 18.2 Å². The van der Waals surface area contributed by atoms with Crippen molar-refractivity contribution in [3.05, 3.63) is 59.7 Å². The van der Waals surface area contributed by atoms with Crippen LogP contribution in [0, 0.1) is 11.6 Å². The van der Waals surface area contributed by atoms with Gasteiger partial charge in [-0.15, -0.1) is 0 Å². The number of rotatable bonds is 4. The quantitative estimate of drug-likeness (QED) is 0.515. The molecule has 114 valence electrons. The molecule has 2 N–H and O–H groups in total. The van der Waals surface area contributed by atoms with E-state index >= 15 is 0 Å². The van der Waals surface area contributed by atoms with Gasteiger partial charge in [0.05, 0.1) is 19.0 Å². The van der Waals surface area contributed by atoms with Crippen molar-refractivity contribution < 1.29 is 13.5 Å². The number of anilines is 1. The Kier molecular flexibility index (Phi) is 5.37. The highest BCUT2D eigenvalue weighted by atomic mass is 32.1. The second-order valence-electron chi connectivity index (χ2n) is 4.20. The van der Waals surface area contributed by atoms with Gasteiger partial charge in [-0.05, 0) is 42.0 Å². The lowest BCUT2D eigenvalue weighted by Gasteiger charge is -2.10. The van der Waals surface area contributed by atoms with Gasteiger partial charge in [0.25, 0.3) is 0 Å². The average molecular weight is 321 g/mol. The zero-order chi connectivity index (χ0) is 15.9. The Hall–Kier alpha value is -2.54. The van der Waals surface area contributed by atoms with Crippen LogP contribution in [0.15, 0.2) is 47.6 Å². The highest BCUT2D eigenvalue weighted by molar-refractivity contribution is 7.80. The first-order valence-electron chi connectivity index (χ1n) is 6.28. The predicted molar refractivity (Wildman–Crippen MR) is 86.3 cm³/mol. The van der Waals surface area contributed by atoms with Crippen LogP contribution in [0.4, 0.5) is 14.5 Å². The molecule has 22 heavy (non-hydrogen) atoms. The molecule has 0 aliphatic heterocycles. The highest BCUT2D eigenvalue weighted by Crippen LogP contribution is 2.22. The number of hydrogen-bond donors (Lipinski definition) is 2. The summed E-state index contributed by atoms with van der Waals surface area (Å²) in [5.74, 6) is -1.20. The summed E-state index contributed by atoms with van der Waals surface area (Å²) >= 11 is 5.08. The van der Waals surface area contributed by atoms with E-state index in [0.29, 0.717) is 17.0 Å². The molecule has 0 aliphatic carbocycles. The van der Waals surface area contributed by atoms with Gasteiger partial charge in [0.2, 0.25) is 0 Å².